The van der Waals surface area contributed by atoms with Crippen LogP contribution in [0.25, 0.3) is 22.4 Å². The average molecular weight is 418 g/mol. The van der Waals surface area contributed by atoms with Gasteiger partial charge in [-0.1, -0.05) is 67.1 Å². The number of hydrogen-bond donors (Lipinski definition) is 0. The molecule has 2 aromatic carbocycles. The number of esters is 1. The molecule has 0 aliphatic heterocycles. The zero-order chi connectivity index (χ0) is 22.1. The molecule has 0 N–H and O–H groups in total. The highest BCUT2D eigenvalue weighted by Crippen LogP contribution is 2.29. The summed E-state index contributed by atoms with van der Waals surface area (Å²) in [6.45, 7) is 6.83. The van der Waals surface area contributed by atoms with Gasteiger partial charge in [-0.15, -0.1) is 0 Å². The first-order chi connectivity index (χ1) is 15.1. The van der Waals surface area contributed by atoms with Gasteiger partial charge in [0.15, 0.2) is 0 Å². The second kappa shape index (κ2) is 11.3. The Morgan fingerprint density at radius 2 is 1.68 bits per heavy atom. The molecule has 162 valence electrons. The molecule has 0 spiro atoms. The van der Waals surface area contributed by atoms with E-state index >= 15 is 0 Å². The number of ether oxygens (including phenoxy) is 2. The number of unbranched alkanes of at least 4 members (excludes halogenated alkanes) is 1. The third-order valence-electron chi connectivity index (χ3n) is 5.23. The van der Waals surface area contributed by atoms with E-state index in [0.29, 0.717) is 19.1 Å². The van der Waals surface area contributed by atoms with Crippen molar-refractivity contribution >= 4 is 5.97 Å². The smallest absolute Gasteiger partial charge is 0.308 e. The number of nitrogens with zero attached hydrogens (tertiary/aromatic N) is 1. The lowest BCUT2D eigenvalue weighted by atomic mass is 10.0. The molecule has 0 aliphatic carbocycles. The molecule has 3 rings (SSSR count). The number of aryl methyl sites for hydroxylation is 1. The lowest BCUT2D eigenvalue weighted by Crippen LogP contribution is -2.14. The fourth-order valence-corrected chi connectivity index (χ4v) is 3.38. The molecule has 1 atom stereocenters. The molecule has 0 saturated heterocycles. The van der Waals surface area contributed by atoms with Gasteiger partial charge in [0, 0.05) is 11.6 Å². The lowest BCUT2D eigenvalue weighted by molar-refractivity contribution is -0.147. The van der Waals surface area contributed by atoms with Crippen molar-refractivity contribution in [2.75, 3.05) is 13.2 Å². The van der Waals surface area contributed by atoms with Crippen LogP contribution in [0.2, 0.25) is 0 Å². The Morgan fingerprint density at radius 1 is 0.935 bits per heavy atom. The molecule has 0 aliphatic rings. The second-order valence-electron chi connectivity index (χ2n) is 7.81. The first kappa shape index (κ1) is 22.5. The number of carbonyl (C=O) groups excluding carboxylic acids is 1. The largest absolute Gasteiger partial charge is 0.478 e. The first-order valence-corrected chi connectivity index (χ1v) is 11.0. The van der Waals surface area contributed by atoms with Crippen LogP contribution in [0.4, 0.5) is 0 Å². The van der Waals surface area contributed by atoms with Gasteiger partial charge in [-0.2, -0.15) is 0 Å². The van der Waals surface area contributed by atoms with E-state index in [1.54, 1.807) is 0 Å². The van der Waals surface area contributed by atoms with Crippen LogP contribution in [0.1, 0.15) is 38.7 Å². The topological polar surface area (TPSA) is 48.4 Å². The van der Waals surface area contributed by atoms with E-state index in [1.165, 1.54) is 5.56 Å². The SMILES string of the molecule is CCOC(=O)C(C)CCCCOc1cc(-c2ccc(C)cc2)cc(-c2ccccc2)n1. The Hall–Kier alpha value is -3.14. The van der Waals surface area contributed by atoms with E-state index in [4.69, 9.17) is 14.5 Å². The van der Waals surface area contributed by atoms with Gasteiger partial charge in [0.1, 0.15) is 0 Å². The van der Waals surface area contributed by atoms with Crippen molar-refractivity contribution in [3.8, 4) is 28.3 Å². The molecule has 4 heteroatoms. The molecule has 1 unspecified atom stereocenters. The lowest BCUT2D eigenvalue weighted by Gasteiger charge is -2.12. The number of hydrogen-bond acceptors (Lipinski definition) is 4. The van der Waals surface area contributed by atoms with Crippen molar-refractivity contribution in [3.63, 3.8) is 0 Å². The first-order valence-electron chi connectivity index (χ1n) is 11.0. The quantitative estimate of drug-likeness (QED) is 0.280. The molecule has 0 fully saturated rings. The molecule has 0 amide bonds. The zero-order valence-corrected chi connectivity index (χ0v) is 18.6. The molecule has 31 heavy (non-hydrogen) atoms. The highest BCUT2D eigenvalue weighted by Gasteiger charge is 2.13. The number of rotatable bonds is 10. The summed E-state index contributed by atoms with van der Waals surface area (Å²) >= 11 is 0. The molecular formula is C27H31NO3. The molecule has 0 saturated carbocycles. The van der Waals surface area contributed by atoms with Crippen molar-refractivity contribution in [1.82, 2.24) is 4.98 Å². The van der Waals surface area contributed by atoms with Crippen LogP contribution < -0.4 is 4.74 Å². The average Bonchev–Trinajstić information content (AvgIpc) is 2.79. The number of aromatic nitrogens is 1. The predicted molar refractivity (Wildman–Crippen MR) is 125 cm³/mol. The van der Waals surface area contributed by atoms with E-state index in [0.717, 1.165) is 41.6 Å². The van der Waals surface area contributed by atoms with Crippen LogP contribution in [0.3, 0.4) is 0 Å². The van der Waals surface area contributed by atoms with Crippen molar-refractivity contribution in [1.29, 1.82) is 0 Å². The van der Waals surface area contributed by atoms with Crippen LogP contribution in [-0.4, -0.2) is 24.2 Å². The Bertz CT molecular complexity index is 968. The summed E-state index contributed by atoms with van der Waals surface area (Å²) in [5, 5.41) is 0. The molecule has 4 nitrogen and oxygen atoms in total. The summed E-state index contributed by atoms with van der Waals surface area (Å²) in [4.78, 5) is 16.5. The van der Waals surface area contributed by atoms with Crippen molar-refractivity contribution in [2.24, 2.45) is 5.92 Å². The molecule has 3 aromatic rings. The number of benzene rings is 2. The van der Waals surface area contributed by atoms with Gasteiger partial charge in [-0.3, -0.25) is 4.79 Å². The fourth-order valence-electron chi connectivity index (χ4n) is 3.38. The Kier molecular flexibility index (Phi) is 8.22. The van der Waals surface area contributed by atoms with E-state index in [2.05, 4.69) is 49.4 Å². The normalized spacial score (nSPS) is 11.7. The van der Waals surface area contributed by atoms with Gasteiger partial charge in [-0.05, 0) is 50.3 Å². The Morgan fingerprint density at radius 3 is 2.39 bits per heavy atom. The van der Waals surface area contributed by atoms with Crippen molar-refractivity contribution in [2.45, 2.75) is 40.0 Å². The van der Waals surface area contributed by atoms with Gasteiger partial charge in [0.25, 0.3) is 0 Å². The van der Waals surface area contributed by atoms with E-state index in [1.807, 2.05) is 38.1 Å². The van der Waals surface area contributed by atoms with E-state index in [9.17, 15) is 4.79 Å². The van der Waals surface area contributed by atoms with Gasteiger partial charge in [0.05, 0.1) is 24.8 Å². The van der Waals surface area contributed by atoms with Crippen LogP contribution in [-0.2, 0) is 9.53 Å². The second-order valence-corrected chi connectivity index (χ2v) is 7.81. The standard InChI is InChI=1S/C27H31NO3/c1-4-30-27(29)21(3)10-8-9-17-31-26-19-24(22-15-13-20(2)14-16-22)18-25(28-26)23-11-6-5-7-12-23/h5-7,11-16,18-19,21H,4,8-10,17H2,1-3H3. The van der Waals surface area contributed by atoms with Crippen LogP contribution in [0.15, 0.2) is 66.7 Å². The molecule has 0 radical (unpaired) electrons. The number of carbonyl (C=O) groups is 1. The van der Waals surface area contributed by atoms with E-state index in [-0.39, 0.29) is 11.9 Å². The summed E-state index contributed by atoms with van der Waals surface area (Å²) in [5.41, 5.74) is 5.40. The summed E-state index contributed by atoms with van der Waals surface area (Å²) in [7, 11) is 0. The highest BCUT2D eigenvalue weighted by atomic mass is 16.5. The highest BCUT2D eigenvalue weighted by molar-refractivity contribution is 5.72. The summed E-state index contributed by atoms with van der Waals surface area (Å²) in [5.74, 6) is 0.423. The summed E-state index contributed by atoms with van der Waals surface area (Å²) in [6, 6.07) is 22.7. The minimum absolute atomic E-state index is 0.0763. The summed E-state index contributed by atoms with van der Waals surface area (Å²) in [6.07, 6.45) is 2.57. The van der Waals surface area contributed by atoms with Gasteiger partial charge >= 0.3 is 5.97 Å². The Labute approximate surface area is 185 Å². The van der Waals surface area contributed by atoms with Gasteiger partial charge < -0.3 is 9.47 Å². The Balaban J connectivity index is 1.68. The molecule has 0 bridgehead atoms. The minimum atomic E-state index is -0.122. The monoisotopic (exact) mass is 417 g/mol. The predicted octanol–water partition coefficient (Wildman–Crippen LogP) is 6.47. The zero-order valence-electron chi connectivity index (χ0n) is 18.6. The summed E-state index contributed by atoms with van der Waals surface area (Å²) < 4.78 is 11.1. The fraction of sp³-hybridized carbons (Fsp3) is 0.333. The van der Waals surface area contributed by atoms with Gasteiger partial charge in [-0.25, -0.2) is 4.98 Å². The number of pyridine rings is 1. The third kappa shape index (κ3) is 6.68. The van der Waals surface area contributed by atoms with Crippen LogP contribution in [0.5, 0.6) is 5.88 Å². The van der Waals surface area contributed by atoms with E-state index < -0.39 is 0 Å². The molecular weight excluding hydrogens is 386 g/mol. The molecule has 1 heterocycles. The maximum absolute atomic E-state index is 11.7. The maximum Gasteiger partial charge on any atom is 0.308 e. The van der Waals surface area contributed by atoms with Gasteiger partial charge in [0.2, 0.25) is 5.88 Å². The van der Waals surface area contributed by atoms with Crippen molar-refractivity contribution < 1.29 is 14.3 Å². The molecule has 1 aromatic heterocycles. The van der Waals surface area contributed by atoms with Crippen LogP contribution in [0, 0.1) is 12.8 Å². The third-order valence-corrected chi connectivity index (χ3v) is 5.23. The van der Waals surface area contributed by atoms with Crippen molar-refractivity contribution in [3.05, 3.63) is 72.3 Å². The minimum Gasteiger partial charge on any atom is -0.478 e. The maximum atomic E-state index is 11.7. The van der Waals surface area contributed by atoms with Crippen LogP contribution >= 0.6 is 0 Å².